The van der Waals surface area contributed by atoms with E-state index in [0.29, 0.717) is 59.2 Å². The van der Waals surface area contributed by atoms with Crippen molar-refractivity contribution in [1.29, 1.82) is 5.26 Å². The topological polar surface area (TPSA) is 100 Å². The number of carbonyl (C=O) groups excluding carboxylic acids is 2. The monoisotopic (exact) mass is 581 g/mol. The third-order valence-electron chi connectivity index (χ3n) is 7.23. The van der Waals surface area contributed by atoms with Crippen molar-refractivity contribution < 1.29 is 19.1 Å². The molecule has 1 saturated carbocycles. The molecule has 4 rings (SSSR count). The van der Waals surface area contributed by atoms with Gasteiger partial charge < -0.3 is 20.1 Å². The van der Waals surface area contributed by atoms with Gasteiger partial charge in [-0.15, -0.1) is 0 Å². The summed E-state index contributed by atoms with van der Waals surface area (Å²) in [7, 11) is 0. The Kier molecular flexibility index (Phi) is 9.32. The van der Waals surface area contributed by atoms with Gasteiger partial charge in [0.25, 0.3) is 0 Å². The number of halogens is 1. The summed E-state index contributed by atoms with van der Waals surface area (Å²) in [5.74, 6) is 1.39. The first-order chi connectivity index (χ1) is 18.4. The number of rotatable bonds is 11. The minimum absolute atomic E-state index is 0.107. The number of allylic oxidation sites excluding steroid dienone is 4. The van der Waals surface area contributed by atoms with E-state index in [1.54, 1.807) is 0 Å². The van der Waals surface area contributed by atoms with Gasteiger partial charge in [-0.25, -0.2) is 0 Å². The largest absolute Gasteiger partial charge is 0.490 e. The molecule has 0 saturated heterocycles. The second-order valence-electron chi connectivity index (χ2n) is 10.2. The molecule has 202 valence electrons. The zero-order valence-corrected chi connectivity index (χ0v) is 23.9. The van der Waals surface area contributed by atoms with Gasteiger partial charge in [-0.05, 0) is 85.2 Å². The Morgan fingerprint density at radius 3 is 2.71 bits per heavy atom. The number of nitriles is 1. The number of benzene rings is 1. The SMILES string of the molecule is CCCC1CC(=O)C2=C(C1)NC(C)=C(C#N)C2c1cc(Br)c(OCC=CCNC(=O)C2CC2)c(OCC)c1. The van der Waals surface area contributed by atoms with E-state index >= 15 is 0 Å². The summed E-state index contributed by atoms with van der Waals surface area (Å²) in [6.07, 6.45) is 9.08. The summed E-state index contributed by atoms with van der Waals surface area (Å²) in [5, 5.41) is 16.3. The first-order valence-electron chi connectivity index (χ1n) is 13.5. The number of ketones is 1. The van der Waals surface area contributed by atoms with Crippen LogP contribution in [-0.4, -0.2) is 31.4 Å². The molecule has 1 aliphatic heterocycles. The molecule has 1 amide bonds. The van der Waals surface area contributed by atoms with E-state index in [4.69, 9.17) is 9.47 Å². The molecular formula is C30H36BrN3O4. The molecular weight excluding hydrogens is 546 g/mol. The van der Waals surface area contributed by atoms with Crippen LogP contribution in [0.3, 0.4) is 0 Å². The number of amides is 1. The number of nitrogens with one attached hydrogen (secondary N) is 2. The average Bonchev–Trinajstić information content (AvgIpc) is 3.72. The Bertz CT molecular complexity index is 1220. The lowest BCUT2D eigenvalue weighted by atomic mass is 9.72. The summed E-state index contributed by atoms with van der Waals surface area (Å²) in [4.78, 5) is 25.2. The lowest BCUT2D eigenvalue weighted by Gasteiger charge is -2.35. The average molecular weight is 583 g/mol. The van der Waals surface area contributed by atoms with Gasteiger partial charge in [0.15, 0.2) is 17.3 Å². The normalized spacial score (nSPS) is 21.2. The van der Waals surface area contributed by atoms with Crippen molar-refractivity contribution in [2.75, 3.05) is 19.8 Å². The molecule has 1 aromatic carbocycles. The fourth-order valence-electron chi connectivity index (χ4n) is 5.30. The molecule has 38 heavy (non-hydrogen) atoms. The smallest absolute Gasteiger partial charge is 0.223 e. The number of hydrogen-bond acceptors (Lipinski definition) is 6. The molecule has 1 aromatic rings. The van der Waals surface area contributed by atoms with Crippen molar-refractivity contribution in [3.8, 4) is 17.6 Å². The van der Waals surface area contributed by atoms with Crippen LogP contribution >= 0.6 is 15.9 Å². The molecule has 0 bridgehead atoms. The third-order valence-corrected chi connectivity index (χ3v) is 7.82. The summed E-state index contributed by atoms with van der Waals surface area (Å²) >= 11 is 3.65. The highest BCUT2D eigenvalue weighted by molar-refractivity contribution is 9.10. The molecule has 1 heterocycles. The lowest BCUT2D eigenvalue weighted by molar-refractivity contribution is -0.122. The highest BCUT2D eigenvalue weighted by Crippen LogP contribution is 2.47. The van der Waals surface area contributed by atoms with Crippen LogP contribution in [0, 0.1) is 23.2 Å². The van der Waals surface area contributed by atoms with E-state index in [1.807, 2.05) is 38.1 Å². The van der Waals surface area contributed by atoms with Crippen molar-refractivity contribution in [3.63, 3.8) is 0 Å². The van der Waals surface area contributed by atoms with E-state index in [-0.39, 0.29) is 17.6 Å². The molecule has 7 nitrogen and oxygen atoms in total. The Balaban J connectivity index is 1.58. The molecule has 2 unspecified atom stereocenters. The predicted molar refractivity (Wildman–Crippen MR) is 150 cm³/mol. The Morgan fingerprint density at radius 2 is 2.03 bits per heavy atom. The van der Waals surface area contributed by atoms with Gasteiger partial charge in [0, 0.05) is 35.9 Å². The van der Waals surface area contributed by atoms with Crippen LogP contribution < -0.4 is 20.1 Å². The van der Waals surface area contributed by atoms with Crippen LogP contribution in [0.25, 0.3) is 0 Å². The van der Waals surface area contributed by atoms with Crippen LogP contribution in [0.1, 0.15) is 70.8 Å². The van der Waals surface area contributed by atoms with Crippen molar-refractivity contribution in [2.45, 2.75) is 65.2 Å². The quantitative estimate of drug-likeness (QED) is 0.319. The van der Waals surface area contributed by atoms with Gasteiger partial charge in [0.1, 0.15) is 6.61 Å². The Morgan fingerprint density at radius 1 is 1.24 bits per heavy atom. The Labute approximate surface area is 233 Å². The van der Waals surface area contributed by atoms with Crippen LogP contribution in [0.2, 0.25) is 0 Å². The van der Waals surface area contributed by atoms with Crippen molar-refractivity contribution >= 4 is 27.6 Å². The third kappa shape index (κ3) is 6.32. The van der Waals surface area contributed by atoms with Crippen LogP contribution in [0.15, 0.2) is 51.3 Å². The maximum Gasteiger partial charge on any atom is 0.223 e. The first-order valence-corrected chi connectivity index (χ1v) is 14.3. The molecule has 1 fully saturated rings. The maximum atomic E-state index is 13.4. The number of hydrogen-bond donors (Lipinski definition) is 2. The lowest BCUT2D eigenvalue weighted by Crippen LogP contribution is -2.34. The van der Waals surface area contributed by atoms with Gasteiger partial charge in [0.05, 0.1) is 28.6 Å². The zero-order valence-electron chi connectivity index (χ0n) is 22.4. The second kappa shape index (κ2) is 12.7. The minimum Gasteiger partial charge on any atom is -0.490 e. The van der Waals surface area contributed by atoms with Gasteiger partial charge >= 0.3 is 0 Å². The minimum atomic E-state index is -0.453. The summed E-state index contributed by atoms with van der Waals surface area (Å²) in [5.41, 5.74) is 3.78. The van der Waals surface area contributed by atoms with E-state index < -0.39 is 5.92 Å². The van der Waals surface area contributed by atoms with E-state index in [1.165, 1.54) is 0 Å². The highest BCUT2D eigenvalue weighted by Gasteiger charge is 2.39. The molecule has 3 aliphatic rings. The molecule has 8 heteroatoms. The van der Waals surface area contributed by atoms with Gasteiger partial charge in [-0.3, -0.25) is 9.59 Å². The van der Waals surface area contributed by atoms with Gasteiger partial charge in [-0.1, -0.05) is 19.4 Å². The van der Waals surface area contributed by atoms with E-state index in [9.17, 15) is 14.9 Å². The van der Waals surface area contributed by atoms with Crippen molar-refractivity contribution in [1.82, 2.24) is 10.6 Å². The second-order valence-corrected chi connectivity index (χ2v) is 11.0. The standard InChI is InChI=1S/C30H36BrN3O4/c1-4-8-19-13-24-28(25(35)14-19)27(22(17-32)18(3)34-24)21-15-23(31)29(26(16-21)37-5-2)38-12-7-6-11-33-30(36)20-9-10-20/h6-7,15-16,19-20,27,34H,4-5,8-14H2,1-3H3,(H,33,36). The number of Topliss-reactive ketones (excluding diaryl/α,β-unsaturated/α-hetero) is 1. The fraction of sp³-hybridized carbons (Fsp3) is 0.500. The number of nitrogens with zero attached hydrogens (tertiary/aromatic N) is 1. The highest BCUT2D eigenvalue weighted by atomic mass is 79.9. The van der Waals surface area contributed by atoms with Crippen molar-refractivity contribution in [3.05, 3.63) is 56.9 Å². The van der Waals surface area contributed by atoms with Crippen LogP contribution in [0.4, 0.5) is 0 Å². The van der Waals surface area contributed by atoms with Crippen molar-refractivity contribution in [2.24, 2.45) is 11.8 Å². The number of carbonyl (C=O) groups is 2. The van der Waals surface area contributed by atoms with Gasteiger partial charge in [-0.2, -0.15) is 5.26 Å². The molecule has 2 aliphatic carbocycles. The van der Waals surface area contributed by atoms with Crippen LogP contribution in [-0.2, 0) is 9.59 Å². The number of dihydropyridines is 1. The molecule has 0 radical (unpaired) electrons. The van der Waals surface area contributed by atoms with Crippen LogP contribution in [0.5, 0.6) is 11.5 Å². The fourth-order valence-corrected chi connectivity index (χ4v) is 5.88. The van der Waals surface area contributed by atoms with E-state index in [0.717, 1.165) is 49.1 Å². The summed E-state index contributed by atoms with van der Waals surface area (Å²) < 4.78 is 12.7. The predicted octanol–water partition coefficient (Wildman–Crippen LogP) is 5.83. The zero-order chi connectivity index (χ0) is 27.2. The molecule has 0 spiro atoms. The summed E-state index contributed by atoms with van der Waals surface area (Å²) in [6.45, 7) is 7.16. The summed E-state index contributed by atoms with van der Waals surface area (Å²) in [6, 6.07) is 6.17. The maximum absolute atomic E-state index is 13.4. The molecule has 2 atom stereocenters. The number of ether oxygens (including phenoxy) is 2. The van der Waals surface area contributed by atoms with E-state index in [2.05, 4.69) is 39.6 Å². The molecule has 2 N–H and O–H groups in total. The Hall–Kier alpha value is -3.05. The van der Waals surface area contributed by atoms with Gasteiger partial charge in [0.2, 0.25) is 5.91 Å². The first kappa shape index (κ1) is 28.0. The molecule has 0 aromatic heterocycles.